The smallest absolute Gasteiger partial charge is 0.289 e. The molecule has 8 heteroatoms. The van der Waals surface area contributed by atoms with Crippen molar-refractivity contribution in [3.05, 3.63) is 48.2 Å². The molecule has 2 aliphatic heterocycles. The van der Waals surface area contributed by atoms with Crippen LogP contribution in [0.4, 0.5) is 5.82 Å². The van der Waals surface area contributed by atoms with E-state index in [0.717, 1.165) is 35.6 Å². The van der Waals surface area contributed by atoms with E-state index in [4.69, 9.17) is 0 Å². The molecule has 0 unspecified atom stereocenters. The number of carbonyl (C=O) groups excluding carboxylic acids is 1. The van der Waals surface area contributed by atoms with Gasteiger partial charge in [-0.15, -0.1) is 0 Å². The number of aromatic nitrogens is 4. The number of benzene rings is 1. The average Bonchev–Trinajstić information content (AvgIpc) is 3.12. The number of imidazole rings is 1. The highest BCUT2D eigenvalue weighted by Crippen LogP contribution is 2.34. The van der Waals surface area contributed by atoms with Crippen molar-refractivity contribution < 1.29 is 9.90 Å². The fraction of sp³-hybridized carbons (Fsp3) is 0.429. The van der Waals surface area contributed by atoms with Crippen molar-refractivity contribution in [2.24, 2.45) is 0 Å². The lowest BCUT2D eigenvalue weighted by Crippen LogP contribution is -2.50. The summed E-state index contributed by atoms with van der Waals surface area (Å²) in [7, 11) is 0. The molecule has 0 spiro atoms. The van der Waals surface area contributed by atoms with Crippen LogP contribution in [0.5, 0.6) is 0 Å². The van der Waals surface area contributed by atoms with E-state index in [1.54, 1.807) is 17.3 Å². The number of rotatable bonds is 3. The molecule has 3 aromatic rings. The van der Waals surface area contributed by atoms with Crippen LogP contribution in [0.2, 0.25) is 0 Å². The lowest BCUT2D eigenvalue weighted by molar-refractivity contribution is 0.0348. The predicted molar refractivity (Wildman–Crippen MR) is 109 cm³/mol. The maximum absolute atomic E-state index is 12.8. The van der Waals surface area contributed by atoms with E-state index in [0.29, 0.717) is 31.8 Å². The van der Waals surface area contributed by atoms with E-state index in [9.17, 15) is 9.90 Å². The first-order chi connectivity index (χ1) is 14.0. The number of aromatic amines is 1. The molecule has 0 bridgehead atoms. The van der Waals surface area contributed by atoms with Gasteiger partial charge in [-0.1, -0.05) is 12.1 Å². The lowest BCUT2D eigenvalue weighted by Gasteiger charge is -2.41. The summed E-state index contributed by atoms with van der Waals surface area (Å²) in [5, 5.41) is 10.2. The van der Waals surface area contributed by atoms with Gasteiger partial charge in [0.2, 0.25) is 0 Å². The molecule has 2 N–H and O–H groups in total. The Kier molecular flexibility index (Phi) is 4.24. The quantitative estimate of drug-likeness (QED) is 0.707. The van der Waals surface area contributed by atoms with Crippen molar-refractivity contribution in [2.75, 3.05) is 31.1 Å². The average molecular weight is 392 g/mol. The van der Waals surface area contributed by atoms with Gasteiger partial charge in [-0.25, -0.2) is 9.97 Å². The highest BCUT2D eigenvalue weighted by Gasteiger charge is 2.37. The molecule has 0 aliphatic carbocycles. The summed E-state index contributed by atoms with van der Waals surface area (Å²) in [5.41, 5.74) is 1.99. The summed E-state index contributed by atoms with van der Waals surface area (Å²) in [6.07, 6.45) is 4.85. The second-order valence-electron chi connectivity index (χ2n) is 8.26. The molecule has 0 radical (unpaired) electrons. The van der Waals surface area contributed by atoms with Crippen LogP contribution in [0, 0.1) is 0 Å². The Labute approximate surface area is 168 Å². The van der Waals surface area contributed by atoms with Crippen LogP contribution in [0.1, 0.15) is 42.0 Å². The van der Waals surface area contributed by atoms with Gasteiger partial charge in [0.05, 0.1) is 22.3 Å². The third kappa shape index (κ3) is 3.33. The number of piperidine rings is 1. The molecule has 1 aromatic carbocycles. The van der Waals surface area contributed by atoms with Crippen LogP contribution in [-0.4, -0.2) is 67.6 Å². The molecule has 4 heterocycles. The number of hydrogen-bond donors (Lipinski definition) is 2. The molecule has 2 saturated heterocycles. The summed E-state index contributed by atoms with van der Waals surface area (Å²) in [6.45, 7) is 4.61. The Morgan fingerprint density at radius 2 is 1.90 bits per heavy atom. The summed E-state index contributed by atoms with van der Waals surface area (Å²) in [6, 6.07) is 7.64. The maximum Gasteiger partial charge on any atom is 0.289 e. The Bertz CT molecular complexity index is 1010. The number of fused-ring (bicyclic) bond motifs is 1. The molecule has 5 rings (SSSR count). The molecular formula is C21H24N6O2. The van der Waals surface area contributed by atoms with Crippen LogP contribution in [0.25, 0.3) is 11.0 Å². The van der Waals surface area contributed by atoms with Gasteiger partial charge in [0.1, 0.15) is 0 Å². The van der Waals surface area contributed by atoms with Gasteiger partial charge in [0.25, 0.3) is 5.91 Å². The fourth-order valence-electron chi connectivity index (χ4n) is 4.09. The molecule has 0 atom stereocenters. The van der Waals surface area contributed by atoms with Crippen molar-refractivity contribution in [3.8, 4) is 0 Å². The number of aliphatic hydroxyl groups is 1. The van der Waals surface area contributed by atoms with Crippen LogP contribution >= 0.6 is 0 Å². The van der Waals surface area contributed by atoms with E-state index in [1.165, 1.54) is 0 Å². The topological polar surface area (TPSA) is 98.2 Å². The fourth-order valence-corrected chi connectivity index (χ4v) is 4.09. The molecule has 0 saturated carbocycles. The van der Waals surface area contributed by atoms with Gasteiger partial charge < -0.3 is 19.9 Å². The molecule has 29 heavy (non-hydrogen) atoms. The molecule has 2 aliphatic rings. The van der Waals surface area contributed by atoms with Crippen molar-refractivity contribution in [2.45, 2.75) is 31.3 Å². The third-order valence-corrected chi connectivity index (χ3v) is 5.99. The second-order valence-corrected chi connectivity index (χ2v) is 8.26. The number of H-pyrrole nitrogens is 1. The number of para-hydroxylation sites is 2. The van der Waals surface area contributed by atoms with Gasteiger partial charge in [-0.2, -0.15) is 0 Å². The predicted octanol–water partition coefficient (Wildman–Crippen LogP) is 1.94. The first-order valence-corrected chi connectivity index (χ1v) is 10.0. The van der Waals surface area contributed by atoms with E-state index in [-0.39, 0.29) is 11.8 Å². The minimum Gasteiger partial charge on any atom is -0.390 e. The van der Waals surface area contributed by atoms with Crippen molar-refractivity contribution >= 4 is 22.8 Å². The number of anilines is 1. The Morgan fingerprint density at radius 3 is 2.66 bits per heavy atom. The number of hydrogen-bond acceptors (Lipinski definition) is 6. The SMILES string of the molecule is CC1(O)CCN(c2nccnc2C2CN(C(=O)c3nc4ccccc4[nH]3)C2)CC1. The van der Waals surface area contributed by atoms with Crippen molar-refractivity contribution in [1.29, 1.82) is 0 Å². The monoisotopic (exact) mass is 392 g/mol. The van der Waals surface area contributed by atoms with Gasteiger partial charge in [-0.3, -0.25) is 9.78 Å². The number of nitrogens with one attached hydrogen (secondary N) is 1. The minimum absolute atomic E-state index is 0.0862. The van der Waals surface area contributed by atoms with Gasteiger partial charge >= 0.3 is 0 Å². The molecule has 8 nitrogen and oxygen atoms in total. The zero-order chi connectivity index (χ0) is 20.0. The largest absolute Gasteiger partial charge is 0.390 e. The highest BCUT2D eigenvalue weighted by molar-refractivity contribution is 5.94. The summed E-state index contributed by atoms with van der Waals surface area (Å²) >= 11 is 0. The third-order valence-electron chi connectivity index (χ3n) is 5.99. The normalized spacial score (nSPS) is 19.4. The van der Waals surface area contributed by atoms with Crippen LogP contribution < -0.4 is 4.90 Å². The Balaban J connectivity index is 1.29. The molecule has 1 amide bonds. The van der Waals surface area contributed by atoms with E-state index in [2.05, 4.69) is 24.8 Å². The van der Waals surface area contributed by atoms with Crippen LogP contribution in [0.15, 0.2) is 36.7 Å². The van der Waals surface area contributed by atoms with Crippen molar-refractivity contribution in [1.82, 2.24) is 24.8 Å². The summed E-state index contributed by atoms with van der Waals surface area (Å²) < 4.78 is 0. The zero-order valence-electron chi connectivity index (χ0n) is 16.4. The standard InChI is InChI=1S/C21H24N6O2/c1-21(29)6-10-26(11-7-21)19-17(22-8-9-23-19)14-12-27(13-14)20(28)18-24-15-4-2-3-5-16(15)25-18/h2-5,8-9,14,29H,6-7,10-13H2,1H3,(H,24,25). The summed E-state index contributed by atoms with van der Waals surface area (Å²) in [4.78, 5) is 33.5. The second kappa shape index (κ2) is 6.81. The molecule has 2 aromatic heterocycles. The van der Waals surface area contributed by atoms with Crippen LogP contribution in [-0.2, 0) is 0 Å². The maximum atomic E-state index is 12.8. The minimum atomic E-state index is -0.606. The number of carbonyl (C=O) groups is 1. The first kappa shape index (κ1) is 18.1. The van der Waals surface area contributed by atoms with Crippen molar-refractivity contribution in [3.63, 3.8) is 0 Å². The van der Waals surface area contributed by atoms with Gasteiger partial charge in [0, 0.05) is 44.5 Å². The molecule has 2 fully saturated rings. The Morgan fingerprint density at radius 1 is 1.17 bits per heavy atom. The van der Waals surface area contributed by atoms with Crippen LogP contribution in [0.3, 0.4) is 0 Å². The summed E-state index contributed by atoms with van der Waals surface area (Å²) in [5.74, 6) is 1.33. The van der Waals surface area contributed by atoms with Gasteiger partial charge in [-0.05, 0) is 31.9 Å². The first-order valence-electron chi connectivity index (χ1n) is 10.0. The van der Waals surface area contributed by atoms with Gasteiger partial charge in [0.15, 0.2) is 11.6 Å². The Hall–Kier alpha value is -3.00. The number of nitrogens with zero attached hydrogens (tertiary/aromatic N) is 5. The number of amides is 1. The van der Waals surface area contributed by atoms with E-state index < -0.39 is 5.60 Å². The lowest BCUT2D eigenvalue weighted by atomic mass is 9.92. The van der Waals surface area contributed by atoms with E-state index in [1.807, 2.05) is 31.2 Å². The molecule has 150 valence electrons. The number of likely N-dealkylation sites (tertiary alicyclic amines) is 1. The highest BCUT2D eigenvalue weighted by atomic mass is 16.3. The van der Waals surface area contributed by atoms with E-state index >= 15 is 0 Å². The molecular weight excluding hydrogens is 368 g/mol. The zero-order valence-corrected chi connectivity index (χ0v) is 16.4.